The number of amides is 2. The predicted octanol–water partition coefficient (Wildman–Crippen LogP) is 5.22. The number of ether oxygens (including phenoxy) is 1. The second kappa shape index (κ2) is 10.0. The zero-order valence-corrected chi connectivity index (χ0v) is 18.7. The smallest absolute Gasteiger partial charge is 0.322 e. The highest BCUT2D eigenvalue weighted by molar-refractivity contribution is 5.91. The summed E-state index contributed by atoms with van der Waals surface area (Å²) >= 11 is 0. The summed E-state index contributed by atoms with van der Waals surface area (Å²) in [6.07, 6.45) is 0. The van der Waals surface area contributed by atoms with Crippen LogP contribution in [0.15, 0.2) is 66.7 Å². The number of urea groups is 1. The van der Waals surface area contributed by atoms with Gasteiger partial charge >= 0.3 is 6.03 Å². The highest BCUT2D eigenvalue weighted by Gasteiger charge is 2.28. The summed E-state index contributed by atoms with van der Waals surface area (Å²) in [5.41, 5.74) is 3.51. The van der Waals surface area contributed by atoms with Crippen LogP contribution in [0.3, 0.4) is 0 Å². The molecule has 1 saturated heterocycles. The Bertz CT molecular complexity index is 1050. The molecule has 33 heavy (non-hydrogen) atoms. The molecule has 3 aromatic carbocycles. The number of nitrogens with zero attached hydrogens (tertiary/aromatic N) is 2. The second-order valence-corrected chi connectivity index (χ2v) is 8.16. The number of aryl methyl sites for hydroxylation is 1. The van der Waals surface area contributed by atoms with Gasteiger partial charge in [-0.1, -0.05) is 30.3 Å². The van der Waals surface area contributed by atoms with Crippen molar-refractivity contribution in [3.05, 3.63) is 95.1 Å². The molecule has 0 unspecified atom stereocenters. The SMILES string of the molecule is COc1ccc(C)cc1NC(=O)N1CCN(C(c2ccc(F)cc2)c2ccc(F)cc2)CC1. The van der Waals surface area contributed by atoms with Gasteiger partial charge in [0.2, 0.25) is 0 Å². The third-order valence-corrected chi connectivity index (χ3v) is 5.93. The molecular formula is C26H27F2N3O2. The molecule has 0 aromatic heterocycles. The molecular weight excluding hydrogens is 424 g/mol. The van der Waals surface area contributed by atoms with Crippen LogP contribution in [0.2, 0.25) is 0 Å². The van der Waals surface area contributed by atoms with Crippen molar-refractivity contribution < 1.29 is 18.3 Å². The Balaban J connectivity index is 1.48. The minimum Gasteiger partial charge on any atom is -0.495 e. The minimum atomic E-state index is -0.301. The van der Waals surface area contributed by atoms with Crippen molar-refractivity contribution in [3.63, 3.8) is 0 Å². The number of hydrogen-bond acceptors (Lipinski definition) is 3. The van der Waals surface area contributed by atoms with Crippen molar-refractivity contribution in [2.75, 3.05) is 38.6 Å². The Morgan fingerprint density at radius 1 is 0.879 bits per heavy atom. The summed E-state index contributed by atoms with van der Waals surface area (Å²) in [6, 6.07) is 18.1. The van der Waals surface area contributed by atoms with Crippen molar-refractivity contribution in [2.24, 2.45) is 0 Å². The standard InChI is InChI=1S/C26H27F2N3O2/c1-18-3-12-24(33-2)23(17-18)29-26(32)31-15-13-30(14-16-31)25(19-4-8-21(27)9-5-19)20-6-10-22(28)11-7-20/h3-12,17,25H,13-16H2,1-2H3,(H,29,32). The maximum Gasteiger partial charge on any atom is 0.322 e. The highest BCUT2D eigenvalue weighted by Crippen LogP contribution is 2.31. The average molecular weight is 452 g/mol. The molecule has 7 heteroatoms. The topological polar surface area (TPSA) is 44.8 Å². The lowest BCUT2D eigenvalue weighted by atomic mass is 9.96. The Morgan fingerprint density at radius 3 is 1.94 bits per heavy atom. The lowest BCUT2D eigenvalue weighted by Crippen LogP contribution is -2.51. The van der Waals surface area contributed by atoms with Crippen molar-refractivity contribution in [1.82, 2.24) is 9.80 Å². The molecule has 0 saturated carbocycles. The van der Waals surface area contributed by atoms with E-state index in [4.69, 9.17) is 4.74 Å². The zero-order chi connectivity index (χ0) is 23.4. The number of halogens is 2. The van der Waals surface area contributed by atoms with E-state index in [1.165, 1.54) is 24.3 Å². The van der Waals surface area contributed by atoms with Gasteiger partial charge in [0.05, 0.1) is 18.8 Å². The number of nitrogens with one attached hydrogen (secondary N) is 1. The number of hydrogen-bond donors (Lipinski definition) is 1. The third-order valence-electron chi connectivity index (χ3n) is 5.93. The molecule has 172 valence electrons. The molecule has 1 aliphatic heterocycles. The van der Waals surface area contributed by atoms with Crippen LogP contribution < -0.4 is 10.1 Å². The van der Waals surface area contributed by atoms with Gasteiger partial charge in [0.1, 0.15) is 17.4 Å². The normalized spacial score (nSPS) is 14.4. The maximum absolute atomic E-state index is 13.5. The van der Waals surface area contributed by atoms with Crippen LogP contribution in [-0.4, -0.2) is 49.1 Å². The van der Waals surface area contributed by atoms with E-state index in [-0.39, 0.29) is 23.7 Å². The summed E-state index contributed by atoms with van der Waals surface area (Å²) in [7, 11) is 1.57. The molecule has 2 amide bonds. The number of piperazine rings is 1. The maximum atomic E-state index is 13.5. The van der Waals surface area contributed by atoms with E-state index in [9.17, 15) is 13.6 Å². The fourth-order valence-corrected chi connectivity index (χ4v) is 4.20. The summed E-state index contributed by atoms with van der Waals surface area (Å²) in [5, 5.41) is 2.95. The minimum absolute atomic E-state index is 0.159. The van der Waals surface area contributed by atoms with E-state index < -0.39 is 0 Å². The zero-order valence-electron chi connectivity index (χ0n) is 18.7. The fraction of sp³-hybridized carbons (Fsp3) is 0.269. The first-order valence-corrected chi connectivity index (χ1v) is 10.9. The first kappa shape index (κ1) is 22.7. The third kappa shape index (κ3) is 5.31. The predicted molar refractivity (Wildman–Crippen MR) is 125 cm³/mol. The molecule has 0 atom stereocenters. The monoisotopic (exact) mass is 451 g/mol. The quantitative estimate of drug-likeness (QED) is 0.579. The Labute approximate surface area is 192 Å². The number of methoxy groups -OCH3 is 1. The van der Waals surface area contributed by atoms with Crippen molar-refractivity contribution in [2.45, 2.75) is 13.0 Å². The number of benzene rings is 3. The van der Waals surface area contributed by atoms with Gasteiger partial charge in [-0.3, -0.25) is 4.90 Å². The highest BCUT2D eigenvalue weighted by atomic mass is 19.1. The Kier molecular flexibility index (Phi) is 6.89. The lowest BCUT2D eigenvalue weighted by Gasteiger charge is -2.39. The van der Waals surface area contributed by atoms with E-state index in [1.807, 2.05) is 25.1 Å². The molecule has 1 fully saturated rings. The first-order chi connectivity index (χ1) is 15.9. The van der Waals surface area contributed by atoms with Crippen LogP contribution >= 0.6 is 0 Å². The average Bonchev–Trinajstić information content (AvgIpc) is 2.82. The number of carbonyl (C=O) groups is 1. The molecule has 1 heterocycles. The summed E-state index contributed by atoms with van der Waals surface area (Å²) in [5.74, 6) is 0.00890. The van der Waals surface area contributed by atoms with Crippen molar-refractivity contribution in [3.8, 4) is 5.75 Å². The molecule has 0 bridgehead atoms. The lowest BCUT2D eigenvalue weighted by molar-refractivity contribution is 0.126. The molecule has 5 nitrogen and oxygen atoms in total. The van der Waals surface area contributed by atoms with Gasteiger partial charge in [0.15, 0.2) is 0 Å². The van der Waals surface area contributed by atoms with Crippen LogP contribution in [0, 0.1) is 18.6 Å². The van der Waals surface area contributed by atoms with Crippen molar-refractivity contribution in [1.29, 1.82) is 0 Å². The van der Waals surface area contributed by atoms with Crippen molar-refractivity contribution >= 4 is 11.7 Å². The van der Waals surface area contributed by atoms with Gasteiger partial charge in [-0.25, -0.2) is 13.6 Å². The van der Waals surface area contributed by atoms with E-state index in [2.05, 4.69) is 10.2 Å². The van der Waals surface area contributed by atoms with Gasteiger partial charge in [-0.05, 0) is 60.0 Å². The molecule has 0 radical (unpaired) electrons. The largest absolute Gasteiger partial charge is 0.495 e. The fourth-order valence-electron chi connectivity index (χ4n) is 4.20. The molecule has 1 aliphatic rings. The van der Waals surface area contributed by atoms with E-state index in [0.717, 1.165) is 16.7 Å². The van der Waals surface area contributed by atoms with Crippen LogP contribution in [0.4, 0.5) is 19.3 Å². The molecule has 0 spiro atoms. The number of rotatable bonds is 5. The van der Waals surface area contributed by atoms with Crippen LogP contribution in [0.1, 0.15) is 22.7 Å². The Hall–Kier alpha value is -3.45. The molecule has 1 N–H and O–H groups in total. The summed E-state index contributed by atoms with van der Waals surface area (Å²) in [4.78, 5) is 16.9. The second-order valence-electron chi connectivity index (χ2n) is 8.16. The Morgan fingerprint density at radius 2 is 1.42 bits per heavy atom. The van der Waals surface area contributed by atoms with Gasteiger partial charge in [-0.15, -0.1) is 0 Å². The van der Waals surface area contributed by atoms with E-state index >= 15 is 0 Å². The number of anilines is 1. The first-order valence-electron chi connectivity index (χ1n) is 10.9. The van der Waals surface area contributed by atoms with Crippen LogP contribution in [-0.2, 0) is 0 Å². The van der Waals surface area contributed by atoms with Gasteiger partial charge < -0.3 is 15.0 Å². The van der Waals surface area contributed by atoms with Crippen LogP contribution in [0.5, 0.6) is 5.75 Å². The molecule has 0 aliphatic carbocycles. The van der Waals surface area contributed by atoms with Crippen LogP contribution in [0.25, 0.3) is 0 Å². The van der Waals surface area contributed by atoms with E-state index in [1.54, 1.807) is 36.3 Å². The van der Waals surface area contributed by atoms with Gasteiger partial charge in [0.25, 0.3) is 0 Å². The summed E-state index contributed by atoms with van der Waals surface area (Å²) < 4.78 is 32.4. The molecule has 4 rings (SSSR count). The van der Waals surface area contributed by atoms with E-state index in [0.29, 0.717) is 37.6 Å². The van der Waals surface area contributed by atoms with Gasteiger partial charge in [-0.2, -0.15) is 0 Å². The number of carbonyl (C=O) groups excluding carboxylic acids is 1. The summed E-state index contributed by atoms with van der Waals surface area (Å²) in [6.45, 7) is 4.26. The molecule has 3 aromatic rings. The van der Waals surface area contributed by atoms with Gasteiger partial charge in [0, 0.05) is 26.2 Å².